The summed E-state index contributed by atoms with van der Waals surface area (Å²) in [4.78, 5) is 35.5. The van der Waals surface area contributed by atoms with E-state index in [1.807, 2.05) is 4.72 Å². The predicted molar refractivity (Wildman–Crippen MR) is 147 cm³/mol. The molecule has 3 heterocycles. The van der Waals surface area contributed by atoms with E-state index in [-0.39, 0.29) is 33.8 Å². The van der Waals surface area contributed by atoms with Gasteiger partial charge in [0.05, 0.1) is 20.3 Å². The van der Waals surface area contributed by atoms with Gasteiger partial charge >= 0.3 is 6.03 Å². The highest BCUT2D eigenvalue weighted by Crippen LogP contribution is 2.22. The lowest BCUT2D eigenvalue weighted by Crippen LogP contribution is -2.35. The number of hydrogen-bond donors (Lipinski definition) is 2. The highest BCUT2D eigenvalue weighted by Gasteiger charge is 2.27. The minimum atomic E-state index is -4.34. The topological polar surface area (TPSA) is 157 Å². The summed E-state index contributed by atoms with van der Waals surface area (Å²) >= 11 is 16.7. The number of anilines is 1. The summed E-state index contributed by atoms with van der Waals surface area (Å²) in [6, 6.07) is 5.12. The van der Waals surface area contributed by atoms with Crippen molar-refractivity contribution in [2.75, 3.05) is 32.6 Å². The Balaban J connectivity index is 0.000000377. The van der Waals surface area contributed by atoms with Crippen LogP contribution in [0.15, 0.2) is 60.8 Å². The molecule has 0 aromatic carbocycles. The second-order valence-electron chi connectivity index (χ2n) is 7.09. The van der Waals surface area contributed by atoms with Crippen molar-refractivity contribution in [3.05, 3.63) is 60.9 Å². The first-order valence-corrected chi connectivity index (χ1v) is 13.4. The van der Waals surface area contributed by atoms with Crippen LogP contribution in [0.1, 0.15) is 0 Å². The number of nitrogens with zero attached hydrogens (tertiary/aromatic N) is 5. The number of pyridine rings is 1. The molecule has 0 atom stereocenters. The molecule has 0 saturated carbocycles. The molecule has 0 radical (unpaired) electrons. The summed E-state index contributed by atoms with van der Waals surface area (Å²) in [5, 5.41) is 1.54. The fourth-order valence-electron chi connectivity index (χ4n) is 2.86. The smallest absolute Gasteiger partial charge is 0.335 e. The van der Waals surface area contributed by atoms with Gasteiger partial charge in [-0.15, -0.1) is 13.2 Å². The van der Waals surface area contributed by atoms with Gasteiger partial charge in [-0.05, 0) is 12.1 Å². The molecule has 0 aliphatic heterocycles. The summed E-state index contributed by atoms with van der Waals surface area (Å²) in [5.41, 5.74) is 0.309. The van der Waals surface area contributed by atoms with Gasteiger partial charge < -0.3 is 14.4 Å². The average Bonchev–Trinajstić information content (AvgIpc) is 3.24. The van der Waals surface area contributed by atoms with Crippen LogP contribution in [0.25, 0.3) is 5.65 Å². The molecular weight excluding hydrogens is 597 g/mol. The van der Waals surface area contributed by atoms with Gasteiger partial charge in [0, 0.05) is 19.3 Å². The van der Waals surface area contributed by atoms with E-state index >= 15 is 0 Å². The van der Waals surface area contributed by atoms with Crippen LogP contribution in [0, 0.1) is 0 Å². The van der Waals surface area contributed by atoms with E-state index in [2.05, 4.69) is 33.4 Å². The molecule has 0 fully saturated rings. The minimum Gasteiger partial charge on any atom is -0.481 e. The van der Waals surface area contributed by atoms with Crippen molar-refractivity contribution in [3.63, 3.8) is 0 Å². The van der Waals surface area contributed by atoms with Gasteiger partial charge in [0.15, 0.2) is 15.0 Å². The Labute approximate surface area is 239 Å². The standard InChI is InChI=1S/C14H13ClN6O5S.C8H11Cl2NO/c1-25-9-7-10(26-2)18-13(17-9)19-14(22)20-27(23,24)12-11(15)16-8-5-3-4-6-21(8)12;1-3-5-11(6-4-2)8(12)7(9)10/h3-7H,1-2H3,(H2,17,18,19,20,22);3-4,7H,1-2,5-6H2. The SMILES string of the molecule is C=CCN(CC=C)C(=O)C(Cl)Cl.COc1cc(OC)nc(NC(=O)NS(=O)(=O)c2c(Cl)nc3ccccn23)n1. The number of amides is 3. The predicted octanol–water partition coefficient (Wildman–Crippen LogP) is 3.30. The molecule has 0 aliphatic rings. The number of carbonyl (C=O) groups is 2. The van der Waals surface area contributed by atoms with Gasteiger partial charge in [0.2, 0.25) is 17.7 Å². The van der Waals surface area contributed by atoms with Crippen molar-refractivity contribution in [1.29, 1.82) is 0 Å². The average molecular weight is 621 g/mol. The summed E-state index contributed by atoms with van der Waals surface area (Å²) in [5.74, 6) is -0.309. The zero-order chi connectivity index (χ0) is 29.2. The van der Waals surface area contributed by atoms with E-state index in [0.29, 0.717) is 18.7 Å². The Hall–Kier alpha value is -3.59. The van der Waals surface area contributed by atoms with Crippen molar-refractivity contribution < 1.29 is 27.5 Å². The maximum atomic E-state index is 12.6. The van der Waals surface area contributed by atoms with E-state index in [9.17, 15) is 18.0 Å². The maximum absolute atomic E-state index is 12.6. The molecule has 3 aromatic heterocycles. The third-order valence-corrected chi connectivity index (χ3v) is 6.55. The monoisotopic (exact) mass is 619 g/mol. The number of aromatic nitrogens is 4. The van der Waals surface area contributed by atoms with Crippen LogP contribution in [-0.4, -0.2) is 76.8 Å². The van der Waals surface area contributed by atoms with Gasteiger partial charge in [-0.2, -0.15) is 18.4 Å². The third kappa shape index (κ3) is 8.71. The zero-order valence-corrected chi connectivity index (χ0v) is 23.8. The number of methoxy groups -OCH3 is 2. The largest absolute Gasteiger partial charge is 0.481 e. The lowest BCUT2D eigenvalue weighted by molar-refractivity contribution is -0.128. The van der Waals surface area contributed by atoms with Crippen LogP contribution in [0.4, 0.5) is 10.7 Å². The fourth-order valence-corrected chi connectivity index (χ4v) is 4.69. The van der Waals surface area contributed by atoms with Crippen LogP contribution < -0.4 is 19.5 Å². The molecule has 3 amide bonds. The first-order valence-electron chi connectivity index (χ1n) is 10.7. The van der Waals surface area contributed by atoms with E-state index in [1.54, 1.807) is 30.4 Å². The van der Waals surface area contributed by atoms with Crippen LogP contribution >= 0.6 is 34.8 Å². The number of hydrogen-bond acceptors (Lipinski definition) is 9. The molecule has 0 spiro atoms. The molecule has 13 nitrogen and oxygen atoms in total. The molecular formula is C22H24Cl3N7O6S. The van der Waals surface area contributed by atoms with E-state index in [1.165, 1.54) is 35.8 Å². The number of imidazole rings is 1. The van der Waals surface area contributed by atoms with Crippen molar-refractivity contribution in [1.82, 2.24) is 29.0 Å². The van der Waals surface area contributed by atoms with Crippen molar-refractivity contribution in [2.45, 2.75) is 9.86 Å². The number of halogens is 3. The lowest BCUT2D eigenvalue weighted by Gasteiger charge is -2.19. The van der Waals surface area contributed by atoms with Gasteiger partial charge in [-0.3, -0.25) is 14.5 Å². The number of nitrogens with one attached hydrogen (secondary N) is 2. The maximum Gasteiger partial charge on any atom is 0.335 e. The first-order chi connectivity index (χ1) is 18.5. The van der Waals surface area contributed by atoms with E-state index in [0.717, 1.165) is 0 Å². The van der Waals surface area contributed by atoms with Gasteiger partial charge in [-0.25, -0.2) is 14.5 Å². The van der Waals surface area contributed by atoms with Gasteiger partial charge in [0.1, 0.15) is 5.65 Å². The normalized spacial score (nSPS) is 10.7. The van der Waals surface area contributed by atoms with Crippen molar-refractivity contribution >= 4 is 68.4 Å². The number of carbonyl (C=O) groups excluding carboxylic acids is 2. The molecule has 2 N–H and O–H groups in total. The number of ether oxygens (including phenoxy) is 2. The van der Waals surface area contributed by atoms with Crippen LogP contribution in [0.3, 0.4) is 0 Å². The Morgan fingerprint density at radius 1 is 1.10 bits per heavy atom. The number of sulfonamides is 1. The summed E-state index contributed by atoms with van der Waals surface area (Å²) in [6.45, 7) is 7.88. The number of rotatable bonds is 10. The minimum absolute atomic E-state index is 0.116. The highest BCUT2D eigenvalue weighted by molar-refractivity contribution is 7.90. The Bertz CT molecular complexity index is 1420. The molecule has 0 saturated heterocycles. The molecule has 3 rings (SSSR count). The number of alkyl halides is 2. The fraction of sp³-hybridized carbons (Fsp3) is 0.227. The quantitative estimate of drug-likeness (QED) is 0.256. The van der Waals surface area contributed by atoms with Gasteiger partial charge in [0.25, 0.3) is 15.9 Å². The van der Waals surface area contributed by atoms with Crippen LogP contribution in [0.2, 0.25) is 5.15 Å². The molecule has 3 aromatic rings. The van der Waals surface area contributed by atoms with Crippen molar-refractivity contribution in [2.24, 2.45) is 0 Å². The van der Waals surface area contributed by atoms with Crippen LogP contribution in [0.5, 0.6) is 11.8 Å². The van der Waals surface area contributed by atoms with E-state index < -0.39 is 20.9 Å². The number of fused-ring (bicyclic) bond motifs is 1. The molecule has 39 heavy (non-hydrogen) atoms. The zero-order valence-electron chi connectivity index (χ0n) is 20.7. The summed E-state index contributed by atoms with van der Waals surface area (Å²) in [7, 11) is -1.61. The Morgan fingerprint density at radius 2 is 1.69 bits per heavy atom. The highest BCUT2D eigenvalue weighted by atomic mass is 35.5. The van der Waals surface area contributed by atoms with Crippen molar-refractivity contribution in [3.8, 4) is 11.8 Å². The first kappa shape index (κ1) is 31.6. The Kier molecular flexibility index (Phi) is 11.8. The summed E-state index contributed by atoms with van der Waals surface area (Å²) < 4.78 is 38.1. The second-order valence-corrected chi connectivity index (χ2v) is 10.1. The molecule has 0 aliphatic carbocycles. The van der Waals surface area contributed by atoms with Gasteiger partial charge in [-0.1, -0.05) is 53.0 Å². The third-order valence-electron chi connectivity index (χ3n) is 4.45. The molecule has 17 heteroatoms. The number of urea groups is 1. The molecule has 0 bridgehead atoms. The van der Waals surface area contributed by atoms with Crippen LogP contribution in [-0.2, 0) is 14.8 Å². The summed E-state index contributed by atoms with van der Waals surface area (Å²) in [6.07, 6.45) is 4.67. The lowest BCUT2D eigenvalue weighted by atomic mass is 10.4. The van der Waals surface area contributed by atoms with E-state index in [4.69, 9.17) is 44.3 Å². The molecule has 0 unspecified atom stereocenters. The second kappa shape index (κ2) is 14.5. The Morgan fingerprint density at radius 3 is 2.21 bits per heavy atom. The molecule has 210 valence electrons.